The van der Waals surface area contributed by atoms with Crippen LogP contribution in [0, 0.1) is 11.3 Å². The maximum atomic E-state index is 12.0. The summed E-state index contributed by atoms with van der Waals surface area (Å²) < 4.78 is 0. The summed E-state index contributed by atoms with van der Waals surface area (Å²) in [5, 5.41) is 29.8. The van der Waals surface area contributed by atoms with Crippen LogP contribution >= 0.6 is 0 Å². The average molecular weight is 275 g/mol. The number of anilines is 1. The maximum absolute atomic E-state index is 12.0. The quantitative estimate of drug-likeness (QED) is 0.731. The van der Waals surface area contributed by atoms with Crippen molar-refractivity contribution in [2.75, 3.05) is 11.9 Å². The standard InChI is InChI=1S/C13H13N3O4/c14-6-8-2-1-3-9(4-8)15-13(20)16-7-10(17)5-11(16)12(18)19/h1-4,10-11,17H,5,7H2,(H,15,20)(H,18,19). The van der Waals surface area contributed by atoms with Crippen molar-refractivity contribution in [3.8, 4) is 6.07 Å². The second kappa shape index (κ2) is 5.59. The molecule has 0 saturated carbocycles. The van der Waals surface area contributed by atoms with E-state index in [-0.39, 0.29) is 13.0 Å². The van der Waals surface area contributed by atoms with Crippen molar-refractivity contribution >= 4 is 17.7 Å². The second-order valence-corrected chi connectivity index (χ2v) is 4.52. The predicted octanol–water partition coefficient (Wildman–Crippen LogP) is 0.610. The lowest BCUT2D eigenvalue weighted by molar-refractivity contribution is -0.141. The first kappa shape index (κ1) is 13.8. The summed E-state index contributed by atoms with van der Waals surface area (Å²) in [5.41, 5.74) is 0.790. The molecule has 1 fully saturated rings. The van der Waals surface area contributed by atoms with Gasteiger partial charge in [-0.3, -0.25) is 0 Å². The number of nitriles is 1. The summed E-state index contributed by atoms with van der Waals surface area (Å²) in [7, 11) is 0. The number of β-amino-alcohol motifs (C(OH)–C–C–N with tert-alkyl or cyclic N) is 1. The minimum Gasteiger partial charge on any atom is -0.480 e. The van der Waals surface area contributed by atoms with E-state index in [1.165, 1.54) is 6.07 Å². The van der Waals surface area contributed by atoms with E-state index in [0.29, 0.717) is 11.3 Å². The van der Waals surface area contributed by atoms with Gasteiger partial charge in [0.1, 0.15) is 6.04 Å². The first-order valence-corrected chi connectivity index (χ1v) is 6.00. The molecule has 7 heteroatoms. The molecule has 1 aliphatic heterocycles. The number of nitrogens with one attached hydrogen (secondary N) is 1. The molecule has 3 N–H and O–H groups in total. The van der Waals surface area contributed by atoms with Crippen LogP contribution in [0.3, 0.4) is 0 Å². The first-order chi connectivity index (χ1) is 9.51. The molecule has 0 aliphatic carbocycles. The van der Waals surface area contributed by atoms with Crippen LogP contribution < -0.4 is 5.32 Å². The lowest BCUT2D eigenvalue weighted by Gasteiger charge is -2.21. The highest BCUT2D eigenvalue weighted by Crippen LogP contribution is 2.20. The fourth-order valence-corrected chi connectivity index (χ4v) is 2.13. The third kappa shape index (κ3) is 2.87. The number of amides is 2. The van der Waals surface area contributed by atoms with Crippen LogP contribution in [-0.2, 0) is 4.79 Å². The van der Waals surface area contributed by atoms with Gasteiger partial charge in [-0.25, -0.2) is 9.59 Å². The van der Waals surface area contributed by atoms with Crippen LogP contribution in [0.2, 0.25) is 0 Å². The minimum atomic E-state index is -1.15. The van der Waals surface area contributed by atoms with Gasteiger partial charge in [-0.15, -0.1) is 0 Å². The van der Waals surface area contributed by atoms with Gasteiger partial charge >= 0.3 is 12.0 Å². The molecule has 2 amide bonds. The Hall–Kier alpha value is -2.59. The molecule has 7 nitrogen and oxygen atoms in total. The third-order valence-corrected chi connectivity index (χ3v) is 3.07. The SMILES string of the molecule is N#Cc1cccc(NC(=O)N2CC(O)CC2C(=O)O)c1. The Kier molecular flexibility index (Phi) is 3.86. The van der Waals surface area contributed by atoms with Gasteiger partial charge in [0, 0.05) is 18.7 Å². The molecule has 1 aromatic rings. The summed E-state index contributed by atoms with van der Waals surface area (Å²) in [5.74, 6) is -1.15. The lowest BCUT2D eigenvalue weighted by atomic mass is 10.2. The zero-order valence-electron chi connectivity index (χ0n) is 10.5. The molecule has 1 aromatic carbocycles. The molecule has 0 radical (unpaired) electrons. The molecular weight excluding hydrogens is 262 g/mol. The zero-order chi connectivity index (χ0) is 14.7. The van der Waals surface area contributed by atoms with Gasteiger partial charge in [0.15, 0.2) is 0 Å². The number of rotatable bonds is 2. The third-order valence-electron chi connectivity index (χ3n) is 3.07. The molecule has 0 spiro atoms. The van der Waals surface area contributed by atoms with Crippen LogP contribution in [0.1, 0.15) is 12.0 Å². The van der Waals surface area contributed by atoms with E-state index in [9.17, 15) is 14.7 Å². The van der Waals surface area contributed by atoms with Gasteiger partial charge < -0.3 is 20.4 Å². The van der Waals surface area contributed by atoms with Crippen molar-refractivity contribution in [3.63, 3.8) is 0 Å². The van der Waals surface area contributed by atoms with E-state index in [1.54, 1.807) is 18.2 Å². The number of aliphatic carboxylic acids is 1. The summed E-state index contributed by atoms with van der Waals surface area (Å²) in [6.45, 7) is -0.0270. The molecule has 2 rings (SSSR count). The Labute approximate surface area is 115 Å². The summed E-state index contributed by atoms with van der Waals surface area (Å²) in [4.78, 5) is 24.1. The molecule has 0 bridgehead atoms. The number of benzene rings is 1. The van der Waals surface area contributed by atoms with Gasteiger partial charge in [0.25, 0.3) is 0 Å². The number of urea groups is 1. The van der Waals surface area contributed by atoms with Crippen molar-refractivity contribution in [2.24, 2.45) is 0 Å². The number of aliphatic hydroxyl groups excluding tert-OH is 1. The number of aliphatic hydroxyl groups is 1. The highest BCUT2D eigenvalue weighted by Gasteiger charge is 2.38. The van der Waals surface area contributed by atoms with Crippen molar-refractivity contribution < 1.29 is 19.8 Å². The Morgan fingerprint density at radius 1 is 1.45 bits per heavy atom. The van der Waals surface area contributed by atoms with E-state index in [0.717, 1.165) is 4.90 Å². The summed E-state index contributed by atoms with van der Waals surface area (Å²) in [6.07, 6.45) is -0.826. The maximum Gasteiger partial charge on any atom is 0.326 e. The van der Waals surface area contributed by atoms with Crippen molar-refractivity contribution in [1.82, 2.24) is 4.90 Å². The highest BCUT2D eigenvalue weighted by molar-refractivity contribution is 5.93. The molecule has 2 unspecified atom stereocenters. The van der Waals surface area contributed by atoms with Crippen molar-refractivity contribution in [3.05, 3.63) is 29.8 Å². The van der Waals surface area contributed by atoms with E-state index in [4.69, 9.17) is 10.4 Å². The van der Waals surface area contributed by atoms with Gasteiger partial charge in [0.05, 0.1) is 17.7 Å². The van der Waals surface area contributed by atoms with E-state index in [2.05, 4.69) is 5.32 Å². The number of likely N-dealkylation sites (tertiary alicyclic amines) is 1. The topological polar surface area (TPSA) is 114 Å². The monoisotopic (exact) mass is 275 g/mol. The number of carbonyl (C=O) groups excluding carboxylic acids is 1. The number of carbonyl (C=O) groups is 2. The van der Waals surface area contributed by atoms with E-state index < -0.39 is 24.1 Å². The Morgan fingerprint density at radius 2 is 2.20 bits per heavy atom. The first-order valence-electron chi connectivity index (χ1n) is 6.00. The summed E-state index contributed by atoms with van der Waals surface area (Å²) in [6, 6.07) is 6.59. The van der Waals surface area contributed by atoms with Crippen molar-refractivity contribution in [2.45, 2.75) is 18.6 Å². The largest absolute Gasteiger partial charge is 0.480 e. The summed E-state index contributed by atoms with van der Waals surface area (Å²) >= 11 is 0. The molecule has 1 heterocycles. The molecule has 2 atom stereocenters. The molecule has 20 heavy (non-hydrogen) atoms. The molecular formula is C13H13N3O4. The molecule has 0 aromatic heterocycles. The fraction of sp³-hybridized carbons (Fsp3) is 0.308. The Balaban J connectivity index is 2.11. The Morgan fingerprint density at radius 3 is 2.85 bits per heavy atom. The van der Waals surface area contributed by atoms with Gasteiger partial charge in [-0.05, 0) is 18.2 Å². The minimum absolute atomic E-state index is 0.0149. The molecule has 1 aliphatic rings. The van der Waals surface area contributed by atoms with E-state index >= 15 is 0 Å². The van der Waals surface area contributed by atoms with E-state index in [1.807, 2.05) is 6.07 Å². The predicted molar refractivity (Wildman–Crippen MR) is 68.9 cm³/mol. The van der Waals surface area contributed by atoms with Gasteiger partial charge in [-0.1, -0.05) is 6.07 Å². The number of nitrogens with zero attached hydrogens (tertiary/aromatic N) is 2. The normalized spacial score (nSPS) is 21.3. The lowest BCUT2D eigenvalue weighted by Crippen LogP contribution is -2.43. The van der Waals surface area contributed by atoms with Crippen LogP contribution in [0.25, 0.3) is 0 Å². The van der Waals surface area contributed by atoms with Gasteiger partial charge in [0.2, 0.25) is 0 Å². The smallest absolute Gasteiger partial charge is 0.326 e. The number of carboxylic acids is 1. The van der Waals surface area contributed by atoms with Crippen molar-refractivity contribution in [1.29, 1.82) is 5.26 Å². The number of carboxylic acid groups (broad SMARTS) is 1. The molecule has 1 saturated heterocycles. The van der Waals surface area contributed by atoms with Crippen LogP contribution in [0.15, 0.2) is 24.3 Å². The second-order valence-electron chi connectivity index (χ2n) is 4.52. The highest BCUT2D eigenvalue weighted by atomic mass is 16.4. The van der Waals surface area contributed by atoms with Crippen LogP contribution in [0.4, 0.5) is 10.5 Å². The van der Waals surface area contributed by atoms with Crippen LogP contribution in [-0.4, -0.2) is 45.8 Å². The molecule has 104 valence electrons. The Bertz CT molecular complexity index is 581. The number of hydrogen-bond acceptors (Lipinski definition) is 4. The number of hydrogen-bond donors (Lipinski definition) is 3. The van der Waals surface area contributed by atoms with Gasteiger partial charge in [-0.2, -0.15) is 5.26 Å². The fourth-order valence-electron chi connectivity index (χ4n) is 2.13. The van der Waals surface area contributed by atoms with Crippen LogP contribution in [0.5, 0.6) is 0 Å². The zero-order valence-corrected chi connectivity index (χ0v) is 10.5. The average Bonchev–Trinajstić information content (AvgIpc) is 2.81.